The maximum atomic E-state index is 12.9. The second-order valence-electron chi connectivity index (χ2n) is 6.09. The SMILES string of the molecule is Cc1ccc(NC(=O)c2cncc(C(=O)NCc3ccc(F)cc3)c2)cc1. The number of anilines is 1. The lowest BCUT2D eigenvalue weighted by Gasteiger charge is -2.08. The molecule has 0 aliphatic heterocycles. The highest BCUT2D eigenvalue weighted by molar-refractivity contribution is 6.05. The Balaban J connectivity index is 1.65. The van der Waals surface area contributed by atoms with E-state index in [2.05, 4.69) is 15.6 Å². The van der Waals surface area contributed by atoms with Crippen LogP contribution in [0.15, 0.2) is 67.0 Å². The normalized spacial score (nSPS) is 10.3. The molecule has 0 aliphatic rings. The molecule has 0 atom stereocenters. The number of amides is 2. The summed E-state index contributed by atoms with van der Waals surface area (Å²) in [4.78, 5) is 28.6. The topological polar surface area (TPSA) is 71.1 Å². The van der Waals surface area contributed by atoms with Crippen molar-refractivity contribution in [2.75, 3.05) is 5.32 Å². The third-order valence-electron chi connectivity index (χ3n) is 3.94. The Morgan fingerprint density at radius 1 is 0.926 bits per heavy atom. The molecule has 0 radical (unpaired) electrons. The fourth-order valence-electron chi connectivity index (χ4n) is 2.42. The van der Waals surface area contributed by atoms with Gasteiger partial charge in [-0.25, -0.2) is 4.39 Å². The van der Waals surface area contributed by atoms with Gasteiger partial charge in [0.25, 0.3) is 11.8 Å². The second kappa shape index (κ2) is 8.23. The highest BCUT2D eigenvalue weighted by Gasteiger charge is 2.12. The van der Waals surface area contributed by atoms with Crippen LogP contribution in [0.2, 0.25) is 0 Å². The van der Waals surface area contributed by atoms with Crippen molar-refractivity contribution in [2.45, 2.75) is 13.5 Å². The van der Waals surface area contributed by atoms with Gasteiger partial charge in [-0.15, -0.1) is 0 Å². The van der Waals surface area contributed by atoms with Crippen LogP contribution in [0.1, 0.15) is 31.8 Å². The first-order valence-corrected chi connectivity index (χ1v) is 8.37. The first-order chi connectivity index (χ1) is 13.0. The zero-order valence-electron chi connectivity index (χ0n) is 14.7. The smallest absolute Gasteiger partial charge is 0.257 e. The summed E-state index contributed by atoms with van der Waals surface area (Å²) >= 11 is 0. The molecular formula is C21H18FN3O2. The lowest BCUT2D eigenvalue weighted by atomic mass is 10.1. The third-order valence-corrected chi connectivity index (χ3v) is 3.94. The number of halogens is 1. The number of aromatic nitrogens is 1. The van der Waals surface area contributed by atoms with Crippen molar-refractivity contribution in [3.63, 3.8) is 0 Å². The van der Waals surface area contributed by atoms with Crippen LogP contribution in [0.25, 0.3) is 0 Å². The quantitative estimate of drug-likeness (QED) is 0.726. The molecule has 2 N–H and O–H groups in total. The lowest BCUT2D eigenvalue weighted by Crippen LogP contribution is -2.23. The molecule has 2 amide bonds. The number of rotatable bonds is 5. The van der Waals surface area contributed by atoms with E-state index in [1.165, 1.54) is 30.6 Å². The standard InChI is InChI=1S/C21H18FN3O2/c1-14-2-8-19(9-3-14)25-21(27)17-10-16(12-23-13-17)20(26)24-11-15-4-6-18(22)7-5-15/h2-10,12-13H,11H2,1H3,(H,24,26)(H,25,27). The molecule has 0 saturated heterocycles. The van der Waals surface area contributed by atoms with Gasteiger partial charge in [-0.2, -0.15) is 0 Å². The van der Waals surface area contributed by atoms with Crippen LogP contribution in [-0.4, -0.2) is 16.8 Å². The van der Waals surface area contributed by atoms with E-state index in [0.29, 0.717) is 5.69 Å². The molecule has 5 nitrogen and oxygen atoms in total. The Hall–Kier alpha value is -3.54. The van der Waals surface area contributed by atoms with Crippen molar-refractivity contribution in [1.82, 2.24) is 10.3 Å². The summed E-state index contributed by atoms with van der Waals surface area (Å²) in [5, 5.41) is 5.49. The third kappa shape index (κ3) is 4.98. The molecule has 136 valence electrons. The number of hydrogen-bond acceptors (Lipinski definition) is 3. The lowest BCUT2D eigenvalue weighted by molar-refractivity contribution is 0.0950. The maximum Gasteiger partial charge on any atom is 0.257 e. The monoisotopic (exact) mass is 363 g/mol. The van der Waals surface area contributed by atoms with Gasteiger partial charge >= 0.3 is 0 Å². The minimum Gasteiger partial charge on any atom is -0.348 e. The highest BCUT2D eigenvalue weighted by atomic mass is 19.1. The first-order valence-electron chi connectivity index (χ1n) is 8.37. The van der Waals surface area contributed by atoms with Crippen LogP contribution in [0.4, 0.5) is 10.1 Å². The van der Waals surface area contributed by atoms with Gasteiger partial charge in [-0.05, 0) is 42.8 Å². The predicted molar refractivity (Wildman–Crippen MR) is 101 cm³/mol. The van der Waals surface area contributed by atoms with Crippen molar-refractivity contribution in [1.29, 1.82) is 0 Å². The van der Waals surface area contributed by atoms with Crippen LogP contribution < -0.4 is 10.6 Å². The van der Waals surface area contributed by atoms with Crippen molar-refractivity contribution in [3.05, 3.63) is 95.1 Å². The summed E-state index contributed by atoms with van der Waals surface area (Å²) in [7, 11) is 0. The predicted octanol–water partition coefficient (Wildman–Crippen LogP) is 3.71. The summed E-state index contributed by atoms with van der Waals surface area (Å²) < 4.78 is 12.9. The van der Waals surface area contributed by atoms with Gasteiger partial charge in [0.2, 0.25) is 0 Å². The molecule has 3 rings (SSSR count). The van der Waals surface area contributed by atoms with Gasteiger partial charge in [0.1, 0.15) is 5.82 Å². The number of aryl methyl sites for hydroxylation is 1. The first kappa shape index (κ1) is 18.3. The zero-order valence-corrected chi connectivity index (χ0v) is 14.7. The van der Waals surface area contributed by atoms with Gasteiger partial charge in [0.05, 0.1) is 11.1 Å². The molecular weight excluding hydrogens is 345 g/mol. The van der Waals surface area contributed by atoms with Crippen molar-refractivity contribution >= 4 is 17.5 Å². The molecule has 2 aromatic carbocycles. The molecule has 0 fully saturated rings. The van der Waals surface area contributed by atoms with E-state index >= 15 is 0 Å². The minimum absolute atomic E-state index is 0.249. The second-order valence-corrected chi connectivity index (χ2v) is 6.09. The molecule has 0 spiro atoms. The highest BCUT2D eigenvalue weighted by Crippen LogP contribution is 2.11. The van der Waals surface area contributed by atoms with Crippen LogP contribution in [0.5, 0.6) is 0 Å². The van der Waals surface area contributed by atoms with Crippen LogP contribution in [0, 0.1) is 12.7 Å². The van der Waals surface area contributed by atoms with Gasteiger partial charge in [0, 0.05) is 24.6 Å². The van der Waals surface area contributed by atoms with Gasteiger partial charge in [0.15, 0.2) is 0 Å². The Labute approximate surface area is 156 Å². The zero-order chi connectivity index (χ0) is 19.2. The average molecular weight is 363 g/mol. The summed E-state index contributed by atoms with van der Waals surface area (Å²) in [5.74, 6) is -1.04. The Kier molecular flexibility index (Phi) is 5.56. The van der Waals surface area contributed by atoms with E-state index in [4.69, 9.17) is 0 Å². The van der Waals surface area contributed by atoms with Crippen LogP contribution >= 0.6 is 0 Å². The molecule has 1 aromatic heterocycles. The number of hydrogen-bond donors (Lipinski definition) is 2. The Morgan fingerprint density at radius 3 is 2.22 bits per heavy atom. The van der Waals surface area contributed by atoms with E-state index in [0.717, 1.165) is 11.1 Å². The molecule has 27 heavy (non-hydrogen) atoms. The summed E-state index contributed by atoms with van der Waals surface area (Å²) in [6.07, 6.45) is 2.79. The molecule has 0 saturated carbocycles. The fourth-order valence-corrected chi connectivity index (χ4v) is 2.42. The molecule has 3 aromatic rings. The Morgan fingerprint density at radius 2 is 1.56 bits per heavy atom. The maximum absolute atomic E-state index is 12.9. The molecule has 6 heteroatoms. The largest absolute Gasteiger partial charge is 0.348 e. The summed E-state index contributed by atoms with van der Waals surface area (Å²) in [5.41, 5.74) is 3.08. The molecule has 0 bridgehead atoms. The number of benzene rings is 2. The fraction of sp³-hybridized carbons (Fsp3) is 0.0952. The van der Waals surface area contributed by atoms with Gasteiger partial charge < -0.3 is 10.6 Å². The van der Waals surface area contributed by atoms with E-state index in [1.807, 2.05) is 19.1 Å². The summed E-state index contributed by atoms with van der Waals surface area (Å²) in [6, 6.07) is 14.7. The van der Waals surface area contributed by atoms with Crippen molar-refractivity contribution in [2.24, 2.45) is 0 Å². The summed E-state index contributed by atoms with van der Waals surface area (Å²) in [6.45, 7) is 2.21. The Bertz CT molecular complexity index is 954. The van der Waals surface area contributed by atoms with E-state index in [9.17, 15) is 14.0 Å². The number of nitrogens with one attached hydrogen (secondary N) is 2. The number of nitrogens with zero attached hydrogens (tertiary/aromatic N) is 1. The van der Waals surface area contributed by atoms with Crippen molar-refractivity contribution < 1.29 is 14.0 Å². The molecule has 0 unspecified atom stereocenters. The van der Waals surface area contributed by atoms with Gasteiger partial charge in [-0.3, -0.25) is 14.6 Å². The van der Waals surface area contributed by atoms with Crippen LogP contribution in [-0.2, 0) is 6.54 Å². The molecule has 1 heterocycles. The number of carbonyl (C=O) groups is 2. The number of carbonyl (C=O) groups excluding carboxylic acids is 2. The van der Waals surface area contributed by atoms with Gasteiger partial charge in [-0.1, -0.05) is 29.8 Å². The van der Waals surface area contributed by atoms with E-state index in [-0.39, 0.29) is 35.3 Å². The van der Waals surface area contributed by atoms with Crippen LogP contribution in [0.3, 0.4) is 0 Å². The minimum atomic E-state index is -0.364. The number of pyridine rings is 1. The van der Waals surface area contributed by atoms with E-state index in [1.54, 1.807) is 24.3 Å². The van der Waals surface area contributed by atoms with E-state index < -0.39 is 0 Å². The average Bonchev–Trinajstić information content (AvgIpc) is 2.69. The van der Waals surface area contributed by atoms with Crippen molar-refractivity contribution in [3.8, 4) is 0 Å². The molecule has 0 aliphatic carbocycles.